The second kappa shape index (κ2) is 43.6. The Balaban J connectivity index is 1.26. The molecule has 2 aromatic heterocycles. The molecule has 12 amide bonds. The highest BCUT2D eigenvalue weighted by molar-refractivity contribution is 7.99. The molecule has 110 heavy (non-hydrogen) atoms. The highest BCUT2D eigenvalue weighted by Gasteiger charge is 2.41. The number of nitrogens with zero attached hydrogens (tertiary/aromatic N) is 3. The Morgan fingerprint density at radius 3 is 2.02 bits per heavy atom. The van der Waals surface area contributed by atoms with Gasteiger partial charge in [0.05, 0.1) is 25.4 Å². The number of carboxylic acids is 3. The topological polar surface area (TPSA) is 621 Å². The lowest BCUT2D eigenvalue weighted by molar-refractivity contribution is -0.143. The summed E-state index contributed by atoms with van der Waals surface area (Å²) >= 11 is 3.28. The lowest BCUT2D eigenvalue weighted by atomic mass is 10.0. The van der Waals surface area contributed by atoms with Gasteiger partial charge in [0.1, 0.15) is 66.5 Å². The van der Waals surface area contributed by atoms with Crippen molar-refractivity contribution >= 4 is 141 Å². The molecule has 12 atom stereocenters. The van der Waals surface area contributed by atoms with Gasteiger partial charge in [-0.05, 0) is 79.7 Å². The van der Waals surface area contributed by atoms with Crippen molar-refractivity contribution in [3.05, 3.63) is 89.1 Å². The largest absolute Gasteiger partial charge is 0.481 e. The third-order valence-electron chi connectivity index (χ3n) is 17.4. The minimum atomic E-state index is -1.90. The van der Waals surface area contributed by atoms with E-state index in [1.54, 1.807) is 62.5 Å². The maximum absolute atomic E-state index is 14.9. The van der Waals surface area contributed by atoms with Crippen LogP contribution < -0.4 is 76.1 Å². The molecule has 41 heteroatoms. The number of carboxylic acid groups (broad SMARTS) is 3. The number of primary amides is 1. The number of nitrogens with one attached hydrogen (secondary N) is 12. The number of carbonyl (C=O) groups excluding carboxylic acids is 12. The minimum absolute atomic E-state index is 0.00714. The molecule has 24 N–H and O–H groups in total. The number of rotatable bonds is 31. The molecule has 1 fully saturated rings. The van der Waals surface area contributed by atoms with Gasteiger partial charge in [0.25, 0.3) is 0 Å². The van der Waals surface area contributed by atoms with E-state index in [0.29, 0.717) is 45.3 Å². The van der Waals surface area contributed by atoms with Crippen molar-refractivity contribution in [2.75, 3.05) is 37.0 Å². The van der Waals surface area contributed by atoms with Crippen LogP contribution in [0.4, 0.5) is 0 Å². The van der Waals surface area contributed by atoms with Crippen LogP contribution in [-0.4, -0.2) is 244 Å². The van der Waals surface area contributed by atoms with E-state index < -0.39 is 187 Å². The number of aromatic nitrogens is 3. The van der Waals surface area contributed by atoms with Crippen molar-refractivity contribution in [2.24, 2.45) is 33.8 Å². The van der Waals surface area contributed by atoms with Crippen molar-refractivity contribution in [1.82, 2.24) is 73.0 Å². The molecule has 1 saturated heterocycles. The summed E-state index contributed by atoms with van der Waals surface area (Å²) in [5.74, 6) is -16.4. The predicted molar refractivity (Wildman–Crippen MR) is 405 cm³/mol. The Morgan fingerprint density at radius 2 is 1.38 bits per heavy atom. The van der Waals surface area contributed by atoms with Gasteiger partial charge in [0.2, 0.25) is 70.9 Å². The quantitative estimate of drug-likeness (QED) is 0.0131. The number of para-hydroxylation sites is 1. The van der Waals surface area contributed by atoms with Gasteiger partial charge in [-0.2, -0.15) is 35.3 Å². The monoisotopic (exact) mass is 1590 g/mol. The predicted octanol–water partition coefficient (Wildman–Crippen LogP) is -3.70. The number of aliphatic imine (C=N–C) groups is 1. The van der Waals surface area contributed by atoms with Crippen LogP contribution in [0.5, 0.6) is 0 Å². The molecule has 2 bridgehead atoms. The smallest absolute Gasteiger partial charge is 0.327 e. The molecule has 2 aromatic carbocycles. The summed E-state index contributed by atoms with van der Waals surface area (Å²) in [6.07, 6.45) is 2.67. The second-order valence-electron chi connectivity index (χ2n) is 26.9. The molecule has 38 nitrogen and oxygen atoms in total. The number of thioether (sulfide) groups is 3. The molecule has 4 aromatic rings. The fraction of sp³-hybridized carbons (Fsp3) is 0.522. The van der Waals surface area contributed by atoms with Crippen molar-refractivity contribution in [2.45, 2.75) is 182 Å². The number of nitrogens with two attached hydrogens (primary N) is 4. The summed E-state index contributed by atoms with van der Waals surface area (Å²) in [5, 5.41) is 67.3. The van der Waals surface area contributed by atoms with E-state index in [1.165, 1.54) is 24.3 Å². The van der Waals surface area contributed by atoms with Gasteiger partial charge < -0.3 is 111 Å². The number of aromatic amines is 2. The van der Waals surface area contributed by atoms with Crippen LogP contribution in [0.15, 0.2) is 66.2 Å². The molecular weight excluding hydrogens is 1500 g/mol. The van der Waals surface area contributed by atoms with Crippen LogP contribution in [0, 0.1) is 5.92 Å². The first-order valence-electron chi connectivity index (χ1n) is 35.3. The summed E-state index contributed by atoms with van der Waals surface area (Å²) in [6.45, 7) is 4.92. The normalized spacial score (nSPS) is 20.7. The number of imidazole rings is 1. The zero-order chi connectivity index (χ0) is 80.9. The third kappa shape index (κ3) is 28.5. The number of amides is 12. The number of aliphatic carboxylic acids is 3. The molecule has 0 spiro atoms. The Labute approximate surface area is 644 Å². The van der Waals surface area contributed by atoms with E-state index in [2.05, 4.69) is 73.1 Å². The molecule has 2 aliphatic heterocycles. The zero-order valence-electron chi connectivity index (χ0n) is 61.0. The lowest BCUT2D eigenvalue weighted by Crippen LogP contribution is -2.60. The van der Waals surface area contributed by atoms with Gasteiger partial charge in [-0.15, -0.1) is 0 Å². The maximum Gasteiger partial charge on any atom is 0.327 e. The fourth-order valence-corrected chi connectivity index (χ4v) is 14.8. The SMILES string of the molecule is CC(=O)N[C@H]1CSCc2cc(cc(CSC[C@H](NC(=O)[C@H](CC(C)C)NC(=O)[C@H](CC(=O)O)NC(=O)[C@H](CCC(N)=O)NC(=O)[C@@H](N)Cc3cnc[nH]3)C(=O)O)c2)CSC[C@@H](C(=O)O)NC(=O)[C@H](CCCN=C(N)N)NC(=O)[C@H](C)NC(=O)[C@@H]2CCCN2C(=O)[C@H](Cc2c[nH]c3ccccc23)NC(=O)[C@H](CO)NC1=O. The summed E-state index contributed by atoms with van der Waals surface area (Å²) in [4.78, 5) is 218. The van der Waals surface area contributed by atoms with E-state index in [9.17, 15) is 92.3 Å². The zero-order valence-corrected chi connectivity index (χ0v) is 63.5. The standard InChI is InChI=1S/C69H97N19O19S3/c1-34(2)17-47(82-62(99)48(23-56(92)93)83-60(97)46(13-14-55(71)91)81-58(95)43(70)22-41-25-74-33-77-41)61(98)87-53(68(106)107)32-110-29-39-19-37-18-38(20-39)28-109-31-52(67(104)105)86-59(96)45(11-7-15-75-69(72)73)80-57(94)35(3)78-65(102)54-12-8-16-88(54)66(103)49(21-40-24-76-44-10-6-5-9-42(40)44)84-63(100)50(26-89)85-64(101)51(30-108-27-37)79-36(4)90/h5-6,9-10,18-20,24-25,33-35,43,45-54,76,89H,7-8,11-17,21-23,26-32,70H2,1-4H3,(H2,71,91)(H,74,77)(H,78,102)(H,79,90)(H,80,94)(H,81,95)(H,82,99)(H,83,97)(H,84,100)(H,85,101)(H,86,96)(H,87,98)(H,92,93)(H,104,105)(H,106,107)(H4,72,73,75)/t35-,43-,45-,46-,47-,48-,49-,50-,51-,52-,53-,54-/m0/s1. The van der Waals surface area contributed by atoms with Gasteiger partial charge >= 0.3 is 17.9 Å². The summed E-state index contributed by atoms with van der Waals surface area (Å²) in [7, 11) is 0. The molecule has 2 aliphatic rings. The van der Waals surface area contributed by atoms with Gasteiger partial charge in [-0.25, -0.2) is 14.6 Å². The van der Waals surface area contributed by atoms with Crippen molar-refractivity contribution < 1.29 is 92.3 Å². The van der Waals surface area contributed by atoms with Crippen LogP contribution in [0.3, 0.4) is 0 Å². The number of aliphatic hydroxyl groups is 1. The summed E-state index contributed by atoms with van der Waals surface area (Å²) in [6, 6.07) is -5.43. The minimum Gasteiger partial charge on any atom is -0.481 e. The fourth-order valence-electron chi connectivity index (χ4n) is 11.9. The summed E-state index contributed by atoms with van der Waals surface area (Å²) in [5.41, 5.74) is 26.0. The first-order valence-corrected chi connectivity index (χ1v) is 38.7. The Bertz CT molecular complexity index is 3970. The van der Waals surface area contributed by atoms with Gasteiger partial charge in [-0.1, -0.05) is 50.2 Å². The van der Waals surface area contributed by atoms with Crippen LogP contribution in [0.25, 0.3) is 10.9 Å². The molecular formula is C69H97N19O19S3. The average Bonchev–Trinajstić information content (AvgIpc) is 1.74. The van der Waals surface area contributed by atoms with Crippen LogP contribution in [-0.2, 0) is 102 Å². The number of carbonyl (C=O) groups is 15. The number of hydrogen-bond acceptors (Lipinski definition) is 22. The first-order chi connectivity index (χ1) is 52.2. The summed E-state index contributed by atoms with van der Waals surface area (Å²) < 4.78 is 0. The average molecular weight is 1590 g/mol. The molecule has 0 radical (unpaired) electrons. The molecule has 6 rings (SSSR count). The number of benzene rings is 2. The third-order valence-corrected chi connectivity index (χ3v) is 20.7. The Hall–Kier alpha value is -10.5. The van der Waals surface area contributed by atoms with Crippen molar-refractivity contribution in [3.63, 3.8) is 0 Å². The molecule has 4 heterocycles. The number of H-pyrrole nitrogens is 2. The van der Waals surface area contributed by atoms with Crippen molar-refractivity contribution in [3.8, 4) is 0 Å². The van der Waals surface area contributed by atoms with Crippen LogP contribution in [0.1, 0.15) is 107 Å². The van der Waals surface area contributed by atoms with Gasteiger partial charge in [0, 0.05) is 103 Å². The van der Waals surface area contributed by atoms with E-state index in [-0.39, 0.29) is 98.0 Å². The second-order valence-corrected chi connectivity index (χ2v) is 29.9. The van der Waals surface area contributed by atoms with Crippen LogP contribution in [0.2, 0.25) is 0 Å². The Morgan fingerprint density at radius 1 is 0.745 bits per heavy atom. The highest BCUT2D eigenvalue weighted by Crippen LogP contribution is 2.27. The van der Waals surface area contributed by atoms with E-state index in [0.717, 1.165) is 42.2 Å². The van der Waals surface area contributed by atoms with Gasteiger partial charge in [0.15, 0.2) is 5.96 Å². The molecule has 0 saturated carbocycles. The lowest BCUT2D eigenvalue weighted by Gasteiger charge is -2.30. The number of hydrogen-bond donors (Lipinski definition) is 20. The first kappa shape index (κ1) is 88.4. The number of aliphatic hydroxyl groups excluding tert-OH is 1. The molecule has 0 aliphatic carbocycles. The van der Waals surface area contributed by atoms with Gasteiger partial charge in [-0.3, -0.25) is 67.3 Å². The highest BCUT2D eigenvalue weighted by atomic mass is 32.2. The maximum atomic E-state index is 14.9. The molecule has 0 unspecified atom stereocenters. The molecule has 600 valence electrons. The number of guanidine groups is 1. The van der Waals surface area contributed by atoms with E-state index in [1.807, 2.05) is 0 Å². The number of fused-ring (bicyclic) bond motifs is 4. The Kier molecular flexibility index (Phi) is 35.0. The van der Waals surface area contributed by atoms with E-state index >= 15 is 0 Å². The van der Waals surface area contributed by atoms with Crippen LogP contribution >= 0.6 is 35.3 Å². The van der Waals surface area contributed by atoms with Crippen molar-refractivity contribution in [1.29, 1.82) is 0 Å². The van der Waals surface area contributed by atoms with E-state index in [4.69, 9.17) is 22.9 Å².